The molecule has 5 nitrogen and oxygen atoms in total. The second-order valence-corrected chi connectivity index (χ2v) is 5.62. The SMILES string of the molecule is Cc1ncnc2c([C@H]3CC[C@@](C#N)(CO)O3)csc12. The molecule has 2 aromatic rings. The van der Waals surface area contributed by atoms with E-state index in [0.29, 0.717) is 6.42 Å². The largest absolute Gasteiger partial charge is 0.392 e. The van der Waals surface area contributed by atoms with Crippen LogP contribution in [-0.2, 0) is 4.74 Å². The van der Waals surface area contributed by atoms with Crippen LogP contribution in [0.3, 0.4) is 0 Å². The van der Waals surface area contributed by atoms with Crippen LogP contribution in [0.25, 0.3) is 10.2 Å². The number of nitrogens with zero attached hydrogens (tertiary/aromatic N) is 3. The topological polar surface area (TPSA) is 79.0 Å². The van der Waals surface area contributed by atoms with Gasteiger partial charge < -0.3 is 9.84 Å². The molecule has 2 aromatic heterocycles. The van der Waals surface area contributed by atoms with Gasteiger partial charge in [0.1, 0.15) is 12.4 Å². The maximum absolute atomic E-state index is 9.32. The lowest BCUT2D eigenvalue weighted by molar-refractivity contribution is -0.0362. The number of fused-ring (bicyclic) bond motifs is 1. The van der Waals surface area contributed by atoms with Crippen LogP contribution in [0.2, 0.25) is 0 Å². The summed E-state index contributed by atoms with van der Waals surface area (Å²) in [4.78, 5) is 8.49. The molecule has 0 bridgehead atoms. The summed E-state index contributed by atoms with van der Waals surface area (Å²) in [6.45, 7) is 1.68. The number of aryl methyl sites for hydroxylation is 1. The Kier molecular flexibility index (Phi) is 2.97. The van der Waals surface area contributed by atoms with Crippen molar-refractivity contribution >= 4 is 21.6 Å². The van der Waals surface area contributed by atoms with Crippen LogP contribution in [-0.4, -0.2) is 27.3 Å². The lowest BCUT2D eigenvalue weighted by atomic mass is 10.0. The predicted molar refractivity (Wildman–Crippen MR) is 70.6 cm³/mol. The summed E-state index contributed by atoms with van der Waals surface area (Å²) in [5.41, 5.74) is 1.79. The van der Waals surface area contributed by atoms with Gasteiger partial charge in [-0.25, -0.2) is 9.97 Å². The van der Waals surface area contributed by atoms with E-state index in [4.69, 9.17) is 10.00 Å². The molecule has 1 aliphatic heterocycles. The first-order chi connectivity index (χ1) is 9.19. The summed E-state index contributed by atoms with van der Waals surface area (Å²) < 4.78 is 6.83. The molecule has 0 aromatic carbocycles. The van der Waals surface area contributed by atoms with Crippen LogP contribution in [0.5, 0.6) is 0 Å². The van der Waals surface area contributed by atoms with E-state index in [-0.39, 0.29) is 12.7 Å². The molecule has 3 rings (SSSR count). The van der Waals surface area contributed by atoms with Crippen molar-refractivity contribution in [2.24, 2.45) is 0 Å². The maximum Gasteiger partial charge on any atom is 0.177 e. The average molecular weight is 275 g/mol. The van der Waals surface area contributed by atoms with Gasteiger partial charge >= 0.3 is 0 Å². The third kappa shape index (κ3) is 1.91. The zero-order valence-corrected chi connectivity index (χ0v) is 11.3. The van der Waals surface area contributed by atoms with Crippen molar-refractivity contribution in [1.29, 1.82) is 5.26 Å². The van der Waals surface area contributed by atoms with Gasteiger partial charge in [-0.15, -0.1) is 11.3 Å². The quantitative estimate of drug-likeness (QED) is 0.908. The number of thiophene rings is 1. The Morgan fingerprint density at radius 3 is 3.16 bits per heavy atom. The number of ether oxygens (including phenoxy) is 1. The maximum atomic E-state index is 9.32. The highest BCUT2D eigenvalue weighted by Gasteiger charge is 2.41. The highest BCUT2D eigenvalue weighted by atomic mass is 32.1. The molecule has 1 saturated heterocycles. The Balaban J connectivity index is 1.99. The number of rotatable bonds is 2. The molecule has 19 heavy (non-hydrogen) atoms. The minimum absolute atomic E-state index is 0.171. The Morgan fingerprint density at radius 1 is 1.63 bits per heavy atom. The van der Waals surface area contributed by atoms with Gasteiger partial charge in [0, 0.05) is 5.56 Å². The van der Waals surface area contributed by atoms with Crippen molar-refractivity contribution in [3.05, 3.63) is 23.0 Å². The highest BCUT2D eigenvalue weighted by Crippen LogP contribution is 2.42. The van der Waals surface area contributed by atoms with Crippen LogP contribution in [0.15, 0.2) is 11.7 Å². The predicted octanol–water partition coefficient (Wildman–Crippen LogP) is 2.11. The first-order valence-electron chi connectivity index (χ1n) is 6.08. The Hall–Kier alpha value is -1.55. The molecule has 6 heteroatoms. The third-order valence-corrected chi connectivity index (χ3v) is 4.64. The van der Waals surface area contributed by atoms with Crippen molar-refractivity contribution < 1.29 is 9.84 Å². The van der Waals surface area contributed by atoms with Gasteiger partial charge in [-0.2, -0.15) is 5.26 Å². The van der Waals surface area contributed by atoms with E-state index in [1.807, 2.05) is 12.3 Å². The average Bonchev–Trinajstić information content (AvgIpc) is 3.03. The van der Waals surface area contributed by atoms with Crippen molar-refractivity contribution in [3.63, 3.8) is 0 Å². The molecular formula is C13H13N3O2S. The van der Waals surface area contributed by atoms with Crippen LogP contribution >= 0.6 is 11.3 Å². The molecule has 98 valence electrons. The van der Waals surface area contributed by atoms with Crippen LogP contribution < -0.4 is 0 Å². The fourth-order valence-electron chi connectivity index (χ4n) is 2.42. The van der Waals surface area contributed by atoms with Gasteiger partial charge in [-0.3, -0.25) is 0 Å². The number of aliphatic hydroxyl groups is 1. The fourth-order valence-corrected chi connectivity index (χ4v) is 3.44. The summed E-state index contributed by atoms with van der Waals surface area (Å²) >= 11 is 1.59. The van der Waals surface area contributed by atoms with E-state index in [2.05, 4.69) is 16.0 Å². The lowest BCUT2D eigenvalue weighted by Crippen LogP contribution is -2.30. The van der Waals surface area contributed by atoms with Crippen molar-refractivity contribution in [1.82, 2.24) is 9.97 Å². The first kappa shape index (κ1) is 12.5. The Morgan fingerprint density at radius 2 is 2.47 bits per heavy atom. The van der Waals surface area contributed by atoms with Crippen LogP contribution in [0, 0.1) is 18.3 Å². The van der Waals surface area contributed by atoms with Crippen molar-refractivity contribution in [2.75, 3.05) is 6.61 Å². The standard InChI is InChI=1S/C13H13N3O2S/c1-8-12-11(16-7-15-8)9(4-19-12)10-2-3-13(5-14,6-17)18-10/h4,7,10,17H,2-3,6H2,1H3/t10-,13-/m1/s1. The number of hydrogen-bond donors (Lipinski definition) is 1. The Labute approximate surface area is 114 Å². The summed E-state index contributed by atoms with van der Waals surface area (Å²) in [5.74, 6) is 0. The molecule has 0 radical (unpaired) electrons. The molecule has 3 heterocycles. The minimum atomic E-state index is -1.05. The summed E-state index contributed by atoms with van der Waals surface area (Å²) in [7, 11) is 0. The van der Waals surface area contributed by atoms with E-state index in [9.17, 15) is 5.11 Å². The van der Waals surface area contributed by atoms with E-state index in [0.717, 1.165) is 27.9 Å². The fraction of sp³-hybridized carbons (Fsp3) is 0.462. The van der Waals surface area contributed by atoms with E-state index in [1.54, 1.807) is 17.7 Å². The zero-order chi connectivity index (χ0) is 13.5. The summed E-state index contributed by atoms with van der Waals surface area (Å²) in [6, 6.07) is 2.08. The number of nitriles is 1. The molecule has 0 amide bonds. The molecular weight excluding hydrogens is 262 g/mol. The minimum Gasteiger partial charge on any atom is -0.392 e. The summed E-state index contributed by atoms with van der Waals surface area (Å²) in [6.07, 6.45) is 2.65. The van der Waals surface area contributed by atoms with E-state index < -0.39 is 5.60 Å². The van der Waals surface area contributed by atoms with Gasteiger partial charge in [0.2, 0.25) is 0 Å². The van der Waals surface area contributed by atoms with Crippen molar-refractivity contribution in [2.45, 2.75) is 31.5 Å². The van der Waals surface area contributed by atoms with Crippen LogP contribution in [0.4, 0.5) is 0 Å². The second-order valence-electron chi connectivity index (χ2n) is 4.74. The molecule has 1 aliphatic rings. The first-order valence-corrected chi connectivity index (χ1v) is 6.96. The van der Waals surface area contributed by atoms with Gasteiger partial charge in [0.05, 0.1) is 28.6 Å². The van der Waals surface area contributed by atoms with Gasteiger partial charge in [0.15, 0.2) is 5.60 Å². The molecule has 0 aliphatic carbocycles. The molecule has 0 unspecified atom stereocenters. The summed E-state index contributed by atoms with van der Waals surface area (Å²) in [5, 5.41) is 20.5. The van der Waals surface area contributed by atoms with Gasteiger partial charge in [-0.1, -0.05) is 0 Å². The molecule has 1 fully saturated rings. The van der Waals surface area contributed by atoms with Gasteiger partial charge in [-0.05, 0) is 25.1 Å². The smallest absolute Gasteiger partial charge is 0.177 e. The normalized spacial score (nSPS) is 26.7. The second kappa shape index (κ2) is 4.53. The third-order valence-electron chi connectivity index (χ3n) is 3.54. The van der Waals surface area contributed by atoms with Crippen molar-refractivity contribution in [3.8, 4) is 6.07 Å². The molecule has 0 spiro atoms. The molecule has 1 N–H and O–H groups in total. The van der Waals surface area contributed by atoms with Crippen LogP contribution in [0.1, 0.15) is 30.2 Å². The van der Waals surface area contributed by atoms with E-state index >= 15 is 0 Å². The lowest BCUT2D eigenvalue weighted by Gasteiger charge is -2.18. The zero-order valence-electron chi connectivity index (χ0n) is 10.5. The Bertz CT molecular complexity index is 663. The van der Waals surface area contributed by atoms with Gasteiger partial charge in [0.25, 0.3) is 0 Å². The number of aromatic nitrogens is 2. The molecule has 2 atom stereocenters. The number of hydrogen-bond acceptors (Lipinski definition) is 6. The monoisotopic (exact) mass is 275 g/mol. The highest BCUT2D eigenvalue weighted by molar-refractivity contribution is 7.17. The number of aliphatic hydroxyl groups excluding tert-OH is 1. The molecule has 0 saturated carbocycles. The van der Waals surface area contributed by atoms with E-state index in [1.165, 1.54) is 0 Å².